The zero-order valence-electron chi connectivity index (χ0n) is 11.3. The van der Waals surface area contributed by atoms with Crippen LogP contribution in [0, 0.1) is 13.8 Å². The van der Waals surface area contributed by atoms with Crippen molar-refractivity contribution in [3.05, 3.63) is 29.2 Å². The maximum atomic E-state index is 12.1. The van der Waals surface area contributed by atoms with Crippen LogP contribution in [0.25, 0.3) is 5.65 Å². The van der Waals surface area contributed by atoms with Crippen LogP contribution in [0.3, 0.4) is 0 Å². The van der Waals surface area contributed by atoms with E-state index in [1.54, 1.807) is 10.7 Å². The number of hydrogen-bond donors (Lipinski definition) is 2. The minimum Gasteiger partial charge on any atom is -0.394 e. The van der Waals surface area contributed by atoms with Gasteiger partial charge in [0.05, 0.1) is 29.6 Å². The Balaban J connectivity index is 2.34. The summed E-state index contributed by atoms with van der Waals surface area (Å²) in [5.74, 6) is -0.235. The maximum Gasteiger partial charge on any atom is 0.254 e. The van der Waals surface area contributed by atoms with Gasteiger partial charge in [-0.05, 0) is 20.3 Å². The summed E-state index contributed by atoms with van der Waals surface area (Å²) in [6.07, 6.45) is 2.23. The number of hydrogen-bond acceptors (Lipinski definition) is 4. The second-order valence-electron chi connectivity index (χ2n) is 4.57. The summed E-state index contributed by atoms with van der Waals surface area (Å²) in [5.41, 5.74) is 2.79. The van der Waals surface area contributed by atoms with E-state index < -0.39 is 0 Å². The van der Waals surface area contributed by atoms with Gasteiger partial charge >= 0.3 is 0 Å². The standard InChI is InChI=1S/C13H18N4O2/c1-4-10(7-18)15-13(19)11-6-14-12-5-8(2)16-17(12)9(11)3/h5-6,10,18H,4,7H2,1-3H3,(H,15,19)/t10-/m1/s1. The second-order valence-corrected chi connectivity index (χ2v) is 4.57. The predicted octanol–water partition coefficient (Wildman–Crippen LogP) is 0.847. The molecule has 0 aliphatic carbocycles. The molecule has 2 rings (SSSR count). The highest BCUT2D eigenvalue weighted by molar-refractivity contribution is 5.95. The number of aromatic nitrogens is 3. The molecule has 0 bridgehead atoms. The molecule has 2 aromatic rings. The van der Waals surface area contributed by atoms with Crippen LogP contribution in [-0.2, 0) is 0 Å². The van der Waals surface area contributed by atoms with Gasteiger partial charge in [0, 0.05) is 12.3 Å². The molecule has 0 spiro atoms. The largest absolute Gasteiger partial charge is 0.394 e. The Labute approximate surface area is 111 Å². The number of aliphatic hydroxyl groups is 1. The van der Waals surface area contributed by atoms with Gasteiger partial charge in [0.1, 0.15) is 0 Å². The molecule has 1 atom stereocenters. The number of carbonyl (C=O) groups excluding carboxylic acids is 1. The molecule has 6 heteroatoms. The molecule has 0 aliphatic heterocycles. The minimum atomic E-state index is -0.235. The van der Waals surface area contributed by atoms with E-state index in [4.69, 9.17) is 5.11 Å². The van der Waals surface area contributed by atoms with E-state index in [0.717, 1.165) is 17.0 Å². The number of aryl methyl sites for hydroxylation is 2. The zero-order chi connectivity index (χ0) is 14.0. The lowest BCUT2D eigenvalue weighted by Gasteiger charge is -2.15. The van der Waals surface area contributed by atoms with E-state index in [1.165, 1.54) is 0 Å². The van der Waals surface area contributed by atoms with Gasteiger partial charge in [0.15, 0.2) is 5.65 Å². The van der Waals surface area contributed by atoms with Crippen LogP contribution in [0.15, 0.2) is 12.3 Å². The molecule has 19 heavy (non-hydrogen) atoms. The average molecular weight is 262 g/mol. The van der Waals surface area contributed by atoms with Crippen molar-refractivity contribution in [1.29, 1.82) is 0 Å². The molecule has 2 aromatic heterocycles. The summed E-state index contributed by atoms with van der Waals surface area (Å²) < 4.78 is 1.66. The summed E-state index contributed by atoms with van der Waals surface area (Å²) in [5, 5.41) is 16.2. The Kier molecular flexibility index (Phi) is 3.80. The smallest absolute Gasteiger partial charge is 0.254 e. The molecule has 0 saturated heterocycles. The van der Waals surface area contributed by atoms with Gasteiger partial charge in [-0.1, -0.05) is 6.92 Å². The summed E-state index contributed by atoms with van der Waals surface area (Å²) in [6.45, 7) is 5.55. The number of fused-ring (bicyclic) bond motifs is 1. The fraction of sp³-hybridized carbons (Fsp3) is 0.462. The lowest BCUT2D eigenvalue weighted by Crippen LogP contribution is -2.37. The number of amides is 1. The van der Waals surface area contributed by atoms with Gasteiger partial charge in [0.25, 0.3) is 5.91 Å². The first-order valence-electron chi connectivity index (χ1n) is 6.30. The third-order valence-electron chi connectivity index (χ3n) is 3.14. The van der Waals surface area contributed by atoms with E-state index >= 15 is 0 Å². The molecule has 0 radical (unpaired) electrons. The zero-order valence-corrected chi connectivity index (χ0v) is 11.3. The number of carbonyl (C=O) groups is 1. The van der Waals surface area contributed by atoms with E-state index in [9.17, 15) is 4.79 Å². The third-order valence-corrected chi connectivity index (χ3v) is 3.14. The van der Waals surface area contributed by atoms with Crippen molar-refractivity contribution in [2.24, 2.45) is 0 Å². The van der Waals surface area contributed by atoms with Crippen LogP contribution < -0.4 is 5.32 Å². The molecule has 0 fully saturated rings. The normalized spacial score (nSPS) is 12.6. The lowest BCUT2D eigenvalue weighted by molar-refractivity contribution is 0.0913. The molecule has 1 amide bonds. The second kappa shape index (κ2) is 5.36. The average Bonchev–Trinajstić information content (AvgIpc) is 2.77. The van der Waals surface area contributed by atoms with E-state index in [1.807, 2.05) is 26.8 Å². The summed E-state index contributed by atoms with van der Waals surface area (Å²) in [6, 6.07) is 1.62. The van der Waals surface area contributed by atoms with Crippen molar-refractivity contribution in [3.63, 3.8) is 0 Å². The fourth-order valence-corrected chi connectivity index (χ4v) is 1.93. The molecule has 0 aliphatic rings. The molecule has 2 heterocycles. The van der Waals surface area contributed by atoms with Gasteiger partial charge in [-0.15, -0.1) is 0 Å². The molecule has 0 saturated carbocycles. The fourth-order valence-electron chi connectivity index (χ4n) is 1.93. The van der Waals surface area contributed by atoms with Crippen LogP contribution in [-0.4, -0.2) is 38.3 Å². The van der Waals surface area contributed by atoms with Gasteiger partial charge in [-0.25, -0.2) is 9.50 Å². The minimum absolute atomic E-state index is 0.0716. The first-order valence-corrected chi connectivity index (χ1v) is 6.30. The Morgan fingerprint density at radius 2 is 2.26 bits per heavy atom. The molecule has 6 nitrogen and oxygen atoms in total. The van der Waals surface area contributed by atoms with Crippen molar-refractivity contribution >= 4 is 11.6 Å². The Bertz CT molecular complexity index is 602. The van der Waals surface area contributed by atoms with Crippen molar-refractivity contribution in [2.75, 3.05) is 6.61 Å². The molecular formula is C13H18N4O2. The van der Waals surface area contributed by atoms with Crippen LogP contribution >= 0.6 is 0 Å². The highest BCUT2D eigenvalue weighted by atomic mass is 16.3. The maximum absolute atomic E-state index is 12.1. The molecule has 0 aromatic carbocycles. The Morgan fingerprint density at radius 3 is 2.89 bits per heavy atom. The van der Waals surface area contributed by atoms with Gasteiger partial charge in [0.2, 0.25) is 0 Å². The molecular weight excluding hydrogens is 244 g/mol. The summed E-state index contributed by atoms with van der Waals surface area (Å²) in [7, 11) is 0. The van der Waals surface area contributed by atoms with Crippen molar-refractivity contribution in [3.8, 4) is 0 Å². The van der Waals surface area contributed by atoms with Crippen LogP contribution in [0.1, 0.15) is 35.1 Å². The van der Waals surface area contributed by atoms with Gasteiger partial charge in [-0.2, -0.15) is 5.10 Å². The Morgan fingerprint density at radius 1 is 1.53 bits per heavy atom. The van der Waals surface area contributed by atoms with Crippen molar-refractivity contribution in [2.45, 2.75) is 33.2 Å². The SMILES string of the molecule is CC[C@H](CO)NC(=O)c1cnc2cc(C)nn2c1C. The summed E-state index contributed by atoms with van der Waals surface area (Å²) in [4.78, 5) is 16.4. The number of nitrogens with one attached hydrogen (secondary N) is 1. The summed E-state index contributed by atoms with van der Waals surface area (Å²) >= 11 is 0. The highest BCUT2D eigenvalue weighted by Crippen LogP contribution is 2.11. The quantitative estimate of drug-likeness (QED) is 0.856. The van der Waals surface area contributed by atoms with E-state index in [0.29, 0.717) is 12.0 Å². The molecule has 102 valence electrons. The number of rotatable bonds is 4. The number of aliphatic hydroxyl groups excluding tert-OH is 1. The first kappa shape index (κ1) is 13.5. The molecule has 2 N–H and O–H groups in total. The van der Waals surface area contributed by atoms with Gasteiger partial charge in [-0.3, -0.25) is 4.79 Å². The lowest BCUT2D eigenvalue weighted by atomic mass is 10.2. The predicted molar refractivity (Wildman–Crippen MR) is 71.1 cm³/mol. The Hall–Kier alpha value is -1.95. The van der Waals surface area contributed by atoms with Crippen LogP contribution in [0.5, 0.6) is 0 Å². The number of nitrogens with zero attached hydrogens (tertiary/aromatic N) is 3. The topological polar surface area (TPSA) is 79.5 Å². The van der Waals surface area contributed by atoms with Crippen LogP contribution in [0.4, 0.5) is 0 Å². The monoisotopic (exact) mass is 262 g/mol. The van der Waals surface area contributed by atoms with Gasteiger partial charge < -0.3 is 10.4 Å². The van der Waals surface area contributed by atoms with Crippen LogP contribution in [0.2, 0.25) is 0 Å². The first-order chi connectivity index (χ1) is 9.06. The van der Waals surface area contributed by atoms with Crippen molar-refractivity contribution < 1.29 is 9.90 Å². The van der Waals surface area contributed by atoms with E-state index in [-0.39, 0.29) is 18.6 Å². The molecule has 0 unspecified atom stereocenters. The van der Waals surface area contributed by atoms with E-state index in [2.05, 4.69) is 15.4 Å². The third kappa shape index (κ3) is 2.58. The van der Waals surface area contributed by atoms with Crippen molar-refractivity contribution in [1.82, 2.24) is 19.9 Å². The highest BCUT2D eigenvalue weighted by Gasteiger charge is 2.16.